The predicted molar refractivity (Wildman–Crippen MR) is 76.4 cm³/mol. The van der Waals surface area contributed by atoms with Gasteiger partial charge in [-0.2, -0.15) is 0 Å². The zero-order chi connectivity index (χ0) is 13.8. The third-order valence-electron chi connectivity index (χ3n) is 3.49. The van der Waals surface area contributed by atoms with Crippen molar-refractivity contribution in [2.45, 2.75) is 39.2 Å². The Morgan fingerprint density at radius 1 is 1.42 bits per heavy atom. The Balaban J connectivity index is 1.84. The van der Waals surface area contributed by atoms with Gasteiger partial charge in [-0.15, -0.1) is 11.3 Å². The van der Waals surface area contributed by atoms with Crippen molar-refractivity contribution in [3.63, 3.8) is 0 Å². The van der Waals surface area contributed by atoms with Crippen molar-refractivity contribution in [2.75, 3.05) is 13.1 Å². The third-order valence-corrected chi connectivity index (χ3v) is 4.49. The highest BCUT2D eigenvalue weighted by atomic mass is 32.1. The molecule has 0 aliphatic carbocycles. The lowest BCUT2D eigenvalue weighted by atomic mass is 10.0. The number of hydrogen-bond acceptors (Lipinski definition) is 3. The van der Waals surface area contributed by atoms with Crippen molar-refractivity contribution in [1.29, 1.82) is 0 Å². The molecule has 1 aromatic rings. The molecule has 2 amide bonds. The summed E-state index contributed by atoms with van der Waals surface area (Å²) in [6, 6.07) is 4.00. The van der Waals surface area contributed by atoms with E-state index in [1.807, 2.05) is 17.9 Å². The van der Waals surface area contributed by atoms with Crippen molar-refractivity contribution in [2.24, 2.45) is 0 Å². The Bertz CT molecular complexity index is 470. The van der Waals surface area contributed by atoms with Crippen LogP contribution in [-0.2, 0) is 4.79 Å². The summed E-state index contributed by atoms with van der Waals surface area (Å²) in [7, 11) is 0. The first kappa shape index (κ1) is 14.1. The number of nitrogens with one attached hydrogen (secondary N) is 1. The average molecular weight is 280 g/mol. The van der Waals surface area contributed by atoms with E-state index in [0.29, 0.717) is 10.9 Å². The molecule has 2 rings (SSSR count). The summed E-state index contributed by atoms with van der Waals surface area (Å²) in [4.78, 5) is 27.6. The molecule has 1 saturated heterocycles. The highest BCUT2D eigenvalue weighted by Crippen LogP contribution is 2.17. The Kier molecular flexibility index (Phi) is 4.58. The molecule has 4 nitrogen and oxygen atoms in total. The molecule has 0 spiro atoms. The molecule has 2 heterocycles. The van der Waals surface area contributed by atoms with Gasteiger partial charge in [-0.3, -0.25) is 9.59 Å². The third kappa shape index (κ3) is 3.56. The number of hydrogen-bond donors (Lipinski definition) is 1. The van der Waals surface area contributed by atoms with Gasteiger partial charge in [-0.25, -0.2) is 0 Å². The van der Waals surface area contributed by atoms with Gasteiger partial charge in [0.15, 0.2) is 0 Å². The van der Waals surface area contributed by atoms with Crippen LogP contribution < -0.4 is 5.32 Å². The highest BCUT2D eigenvalue weighted by molar-refractivity contribution is 7.13. The van der Waals surface area contributed by atoms with E-state index in [-0.39, 0.29) is 18.4 Å². The highest BCUT2D eigenvalue weighted by Gasteiger charge is 2.23. The molecule has 0 aromatic carbocycles. The second-order valence-electron chi connectivity index (χ2n) is 5.02. The molecule has 0 bridgehead atoms. The van der Waals surface area contributed by atoms with Crippen LogP contribution in [0.15, 0.2) is 12.1 Å². The van der Waals surface area contributed by atoms with E-state index >= 15 is 0 Å². The number of nitrogens with zero attached hydrogens (tertiary/aromatic N) is 1. The molecule has 1 fully saturated rings. The summed E-state index contributed by atoms with van der Waals surface area (Å²) in [5.41, 5.74) is 0. The fraction of sp³-hybridized carbons (Fsp3) is 0.571. The van der Waals surface area contributed by atoms with Crippen molar-refractivity contribution in [3.8, 4) is 0 Å². The standard InChI is InChI=1S/C14H20N2O2S/c1-10-5-3-4-8-16(10)13(17)9-15-14(18)12-7-6-11(2)19-12/h6-7,10H,3-5,8-9H2,1-2H3,(H,15,18). The minimum Gasteiger partial charge on any atom is -0.342 e. The first-order chi connectivity index (χ1) is 9.08. The molecular formula is C14H20N2O2S. The Morgan fingerprint density at radius 3 is 2.84 bits per heavy atom. The van der Waals surface area contributed by atoms with Crippen molar-refractivity contribution in [3.05, 3.63) is 21.9 Å². The smallest absolute Gasteiger partial charge is 0.261 e. The van der Waals surface area contributed by atoms with Gasteiger partial charge in [-0.05, 0) is 45.2 Å². The number of carbonyl (C=O) groups is 2. The molecule has 104 valence electrons. The summed E-state index contributed by atoms with van der Waals surface area (Å²) in [6.45, 7) is 4.94. The van der Waals surface area contributed by atoms with E-state index in [1.54, 1.807) is 6.07 Å². The normalized spacial score (nSPS) is 19.3. The second-order valence-corrected chi connectivity index (χ2v) is 6.31. The molecule has 1 atom stereocenters. The molecule has 1 unspecified atom stereocenters. The van der Waals surface area contributed by atoms with E-state index in [9.17, 15) is 9.59 Å². The second kappa shape index (κ2) is 6.19. The Morgan fingerprint density at radius 2 is 2.21 bits per heavy atom. The zero-order valence-electron chi connectivity index (χ0n) is 11.4. The van der Waals surface area contributed by atoms with Crippen molar-refractivity contribution < 1.29 is 9.59 Å². The molecule has 1 aliphatic rings. The number of aryl methyl sites for hydroxylation is 1. The molecule has 0 radical (unpaired) electrons. The van der Waals surface area contributed by atoms with Crippen LogP contribution in [0, 0.1) is 6.92 Å². The number of piperidine rings is 1. The molecule has 1 aliphatic heterocycles. The van der Waals surface area contributed by atoms with Gasteiger partial charge in [0.25, 0.3) is 5.91 Å². The lowest BCUT2D eigenvalue weighted by molar-refractivity contribution is -0.133. The first-order valence-corrected chi connectivity index (χ1v) is 7.53. The lowest BCUT2D eigenvalue weighted by Crippen LogP contribution is -2.46. The van der Waals surface area contributed by atoms with Crippen LogP contribution in [0.3, 0.4) is 0 Å². The SMILES string of the molecule is Cc1ccc(C(=O)NCC(=O)N2CCCCC2C)s1. The van der Waals surface area contributed by atoms with Crippen LogP contribution in [0.1, 0.15) is 40.7 Å². The van der Waals surface area contributed by atoms with E-state index in [4.69, 9.17) is 0 Å². The van der Waals surface area contributed by atoms with Crippen LogP contribution in [0.2, 0.25) is 0 Å². The number of carbonyl (C=O) groups excluding carboxylic acids is 2. The Labute approximate surface area is 117 Å². The number of thiophene rings is 1. The molecular weight excluding hydrogens is 260 g/mol. The molecule has 19 heavy (non-hydrogen) atoms. The number of amides is 2. The summed E-state index contributed by atoms with van der Waals surface area (Å²) >= 11 is 1.45. The summed E-state index contributed by atoms with van der Waals surface area (Å²) in [5, 5.41) is 2.71. The van der Waals surface area contributed by atoms with Gasteiger partial charge in [-0.1, -0.05) is 0 Å². The molecule has 0 saturated carbocycles. The fourth-order valence-corrected chi connectivity index (χ4v) is 3.15. The molecule has 5 heteroatoms. The average Bonchev–Trinajstić information content (AvgIpc) is 2.83. The minimum absolute atomic E-state index is 0.0221. The van der Waals surface area contributed by atoms with E-state index in [2.05, 4.69) is 12.2 Å². The summed E-state index contributed by atoms with van der Waals surface area (Å²) < 4.78 is 0. The molecule has 1 aromatic heterocycles. The van der Waals surface area contributed by atoms with Crippen LogP contribution in [0.4, 0.5) is 0 Å². The number of likely N-dealkylation sites (tertiary alicyclic amines) is 1. The van der Waals surface area contributed by atoms with E-state index in [0.717, 1.165) is 24.3 Å². The van der Waals surface area contributed by atoms with Crippen LogP contribution in [-0.4, -0.2) is 35.8 Å². The number of rotatable bonds is 3. The van der Waals surface area contributed by atoms with Gasteiger partial charge >= 0.3 is 0 Å². The minimum atomic E-state index is -0.156. The van der Waals surface area contributed by atoms with Gasteiger partial charge in [0.2, 0.25) is 5.91 Å². The quantitative estimate of drug-likeness (QED) is 0.922. The Hall–Kier alpha value is -1.36. The monoisotopic (exact) mass is 280 g/mol. The van der Waals surface area contributed by atoms with Crippen LogP contribution in [0.5, 0.6) is 0 Å². The van der Waals surface area contributed by atoms with E-state index in [1.165, 1.54) is 17.8 Å². The lowest BCUT2D eigenvalue weighted by Gasteiger charge is -2.33. The fourth-order valence-electron chi connectivity index (χ4n) is 2.37. The zero-order valence-corrected chi connectivity index (χ0v) is 12.3. The van der Waals surface area contributed by atoms with Crippen LogP contribution >= 0.6 is 11.3 Å². The van der Waals surface area contributed by atoms with Gasteiger partial charge in [0.1, 0.15) is 0 Å². The molecule has 1 N–H and O–H groups in total. The maximum atomic E-state index is 12.1. The van der Waals surface area contributed by atoms with Gasteiger partial charge < -0.3 is 10.2 Å². The van der Waals surface area contributed by atoms with Gasteiger partial charge in [0, 0.05) is 17.5 Å². The predicted octanol–water partition coefficient (Wildman–Crippen LogP) is 2.19. The summed E-state index contributed by atoms with van der Waals surface area (Å²) in [6.07, 6.45) is 3.31. The van der Waals surface area contributed by atoms with Crippen molar-refractivity contribution in [1.82, 2.24) is 10.2 Å². The maximum Gasteiger partial charge on any atom is 0.261 e. The maximum absolute atomic E-state index is 12.1. The van der Waals surface area contributed by atoms with Crippen molar-refractivity contribution >= 4 is 23.2 Å². The topological polar surface area (TPSA) is 49.4 Å². The largest absolute Gasteiger partial charge is 0.342 e. The van der Waals surface area contributed by atoms with E-state index < -0.39 is 0 Å². The van der Waals surface area contributed by atoms with Crippen LogP contribution in [0.25, 0.3) is 0 Å². The summed E-state index contributed by atoms with van der Waals surface area (Å²) in [5.74, 6) is -0.134. The van der Waals surface area contributed by atoms with Gasteiger partial charge in [0.05, 0.1) is 11.4 Å². The first-order valence-electron chi connectivity index (χ1n) is 6.72.